The maximum absolute atomic E-state index is 2.61. The second-order valence-electron chi connectivity index (χ2n) is 9.33. The van der Waals surface area contributed by atoms with E-state index in [1.807, 2.05) is 0 Å². The van der Waals surface area contributed by atoms with Crippen LogP contribution in [0, 0.1) is 41.4 Å². The number of fused-ring (bicyclic) bond motifs is 3. The predicted molar refractivity (Wildman–Crippen MR) is 90.1 cm³/mol. The third kappa shape index (κ3) is 2.93. The zero-order chi connectivity index (χ0) is 14.2. The molecule has 120 valence electrons. The van der Waals surface area contributed by atoms with Crippen LogP contribution in [-0.4, -0.2) is 0 Å². The number of hydrogen-bond donors (Lipinski definition) is 0. The van der Waals surface area contributed by atoms with Crippen LogP contribution in [0.4, 0.5) is 0 Å². The summed E-state index contributed by atoms with van der Waals surface area (Å²) in [4.78, 5) is 0. The molecule has 0 heterocycles. The van der Waals surface area contributed by atoms with E-state index in [4.69, 9.17) is 0 Å². The Labute approximate surface area is 132 Å². The van der Waals surface area contributed by atoms with Crippen LogP contribution in [0.25, 0.3) is 0 Å². The first-order chi connectivity index (χ1) is 10.3. The van der Waals surface area contributed by atoms with Gasteiger partial charge in [-0.2, -0.15) is 0 Å². The Morgan fingerprint density at radius 3 is 2.24 bits per heavy atom. The molecule has 4 saturated carbocycles. The molecule has 0 amide bonds. The summed E-state index contributed by atoms with van der Waals surface area (Å²) in [5, 5.41) is 0. The van der Waals surface area contributed by atoms with Gasteiger partial charge in [0, 0.05) is 0 Å². The van der Waals surface area contributed by atoms with Gasteiger partial charge < -0.3 is 0 Å². The molecule has 0 saturated heterocycles. The van der Waals surface area contributed by atoms with E-state index in [0.29, 0.717) is 0 Å². The Kier molecular flexibility index (Phi) is 4.34. The monoisotopic (exact) mass is 288 g/mol. The van der Waals surface area contributed by atoms with Crippen molar-refractivity contribution in [1.29, 1.82) is 0 Å². The largest absolute Gasteiger partial charge is 0.0622 e. The Balaban J connectivity index is 1.40. The molecule has 0 N–H and O–H groups in total. The average molecular weight is 289 g/mol. The predicted octanol–water partition coefficient (Wildman–Crippen LogP) is 6.45. The maximum atomic E-state index is 2.61. The number of hydrogen-bond acceptors (Lipinski definition) is 0. The molecule has 0 heteroatoms. The third-order valence-corrected chi connectivity index (χ3v) is 8.08. The average Bonchev–Trinajstić information content (AvgIpc) is 2.88. The molecule has 0 nitrogen and oxygen atoms in total. The highest BCUT2D eigenvalue weighted by Crippen LogP contribution is 2.57. The lowest BCUT2D eigenvalue weighted by Crippen LogP contribution is -2.32. The first kappa shape index (κ1) is 14.6. The van der Waals surface area contributed by atoms with E-state index in [9.17, 15) is 0 Å². The van der Waals surface area contributed by atoms with E-state index in [1.165, 1.54) is 19.3 Å². The van der Waals surface area contributed by atoms with Crippen LogP contribution < -0.4 is 0 Å². The maximum Gasteiger partial charge on any atom is -0.0349 e. The molecule has 0 bridgehead atoms. The van der Waals surface area contributed by atoms with E-state index in [1.54, 1.807) is 64.2 Å². The molecule has 6 unspecified atom stereocenters. The van der Waals surface area contributed by atoms with Crippen LogP contribution in [-0.2, 0) is 0 Å². The third-order valence-electron chi connectivity index (χ3n) is 8.08. The van der Waals surface area contributed by atoms with E-state index in [0.717, 1.165) is 41.4 Å². The Morgan fingerprint density at radius 1 is 0.619 bits per heavy atom. The lowest BCUT2D eigenvalue weighted by molar-refractivity contribution is 0.0885. The molecule has 4 fully saturated rings. The first-order valence-corrected chi connectivity index (χ1v) is 10.3. The molecule has 0 aromatic carbocycles. The van der Waals surface area contributed by atoms with E-state index < -0.39 is 0 Å². The minimum Gasteiger partial charge on any atom is -0.0622 e. The highest BCUT2D eigenvalue weighted by atomic mass is 14.5. The van der Waals surface area contributed by atoms with Gasteiger partial charge >= 0.3 is 0 Å². The first-order valence-electron chi connectivity index (χ1n) is 10.3. The summed E-state index contributed by atoms with van der Waals surface area (Å²) in [6.07, 6.45) is 20.4. The van der Waals surface area contributed by atoms with E-state index >= 15 is 0 Å². The van der Waals surface area contributed by atoms with Crippen LogP contribution in [0.3, 0.4) is 0 Å². The van der Waals surface area contributed by atoms with E-state index in [-0.39, 0.29) is 0 Å². The van der Waals surface area contributed by atoms with Crippen molar-refractivity contribution < 1.29 is 0 Å². The lowest BCUT2D eigenvalue weighted by Gasteiger charge is -2.41. The van der Waals surface area contributed by atoms with Gasteiger partial charge in [-0.25, -0.2) is 0 Å². The second kappa shape index (κ2) is 6.25. The van der Waals surface area contributed by atoms with Crippen molar-refractivity contribution in [1.82, 2.24) is 0 Å². The molecule has 0 aliphatic heterocycles. The van der Waals surface area contributed by atoms with Crippen molar-refractivity contribution >= 4 is 0 Å². The van der Waals surface area contributed by atoms with Crippen molar-refractivity contribution in [3.63, 3.8) is 0 Å². The minimum absolute atomic E-state index is 1.04. The Morgan fingerprint density at radius 2 is 1.38 bits per heavy atom. The molecule has 0 radical (unpaired) electrons. The van der Waals surface area contributed by atoms with Gasteiger partial charge in [-0.15, -0.1) is 0 Å². The summed E-state index contributed by atoms with van der Waals surface area (Å²) >= 11 is 0. The van der Waals surface area contributed by atoms with Crippen molar-refractivity contribution in [3.05, 3.63) is 0 Å². The van der Waals surface area contributed by atoms with Gasteiger partial charge in [0.05, 0.1) is 0 Å². The van der Waals surface area contributed by atoms with Gasteiger partial charge in [-0.05, 0) is 73.5 Å². The van der Waals surface area contributed by atoms with Crippen LogP contribution in [0.1, 0.15) is 90.4 Å². The lowest BCUT2D eigenvalue weighted by atomic mass is 9.64. The van der Waals surface area contributed by atoms with Crippen molar-refractivity contribution in [2.45, 2.75) is 90.4 Å². The molecule has 21 heavy (non-hydrogen) atoms. The summed E-state index contributed by atoms with van der Waals surface area (Å²) in [6.45, 7) is 2.61. The second-order valence-corrected chi connectivity index (χ2v) is 9.33. The molecular formula is C21H36. The topological polar surface area (TPSA) is 0 Å². The SMILES string of the molecule is CC1CC(CC2CCCCC2)CC2C1CC1CCCCC12. The van der Waals surface area contributed by atoms with Crippen LogP contribution in [0.5, 0.6) is 0 Å². The van der Waals surface area contributed by atoms with Crippen LogP contribution >= 0.6 is 0 Å². The van der Waals surface area contributed by atoms with Crippen LogP contribution in [0.2, 0.25) is 0 Å². The summed E-state index contributed by atoms with van der Waals surface area (Å²) in [6, 6.07) is 0. The Bertz CT molecular complexity index is 338. The quantitative estimate of drug-likeness (QED) is 0.548. The molecule has 0 aromatic heterocycles. The molecule has 0 spiro atoms. The fourth-order valence-corrected chi connectivity index (χ4v) is 7.21. The molecule has 4 rings (SSSR count). The zero-order valence-electron chi connectivity index (χ0n) is 14.2. The van der Waals surface area contributed by atoms with Crippen molar-refractivity contribution in [2.75, 3.05) is 0 Å². The van der Waals surface area contributed by atoms with Gasteiger partial charge in [0.1, 0.15) is 0 Å². The highest BCUT2D eigenvalue weighted by Gasteiger charge is 2.48. The summed E-state index contributed by atoms with van der Waals surface area (Å²) in [5.41, 5.74) is 0. The fraction of sp³-hybridized carbons (Fsp3) is 1.00. The normalized spacial score (nSPS) is 47.9. The van der Waals surface area contributed by atoms with E-state index in [2.05, 4.69) is 6.92 Å². The summed E-state index contributed by atoms with van der Waals surface area (Å²) in [7, 11) is 0. The van der Waals surface area contributed by atoms with Crippen LogP contribution in [0.15, 0.2) is 0 Å². The fourth-order valence-electron chi connectivity index (χ4n) is 7.21. The van der Waals surface area contributed by atoms with Crippen molar-refractivity contribution in [2.24, 2.45) is 41.4 Å². The zero-order valence-corrected chi connectivity index (χ0v) is 14.2. The molecular weight excluding hydrogens is 252 g/mol. The summed E-state index contributed by atoms with van der Waals surface area (Å²) in [5.74, 6) is 7.82. The van der Waals surface area contributed by atoms with Gasteiger partial charge in [-0.1, -0.05) is 58.3 Å². The molecule has 4 aliphatic rings. The number of rotatable bonds is 2. The van der Waals surface area contributed by atoms with Gasteiger partial charge in [0.15, 0.2) is 0 Å². The standard InChI is InChI=1S/C21H36/c1-15-11-17(12-16-7-3-2-4-8-16)13-21-19-10-6-5-9-18(19)14-20(15)21/h15-21H,2-14H2,1H3. The highest BCUT2D eigenvalue weighted by molar-refractivity contribution is 4.98. The smallest absolute Gasteiger partial charge is 0.0349 e. The summed E-state index contributed by atoms with van der Waals surface area (Å²) < 4.78 is 0. The van der Waals surface area contributed by atoms with Gasteiger partial charge in [-0.3, -0.25) is 0 Å². The Hall–Kier alpha value is 0. The van der Waals surface area contributed by atoms with Gasteiger partial charge in [0.2, 0.25) is 0 Å². The van der Waals surface area contributed by atoms with Gasteiger partial charge in [0.25, 0.3) is 0 Å². The van der Waals surface area contributed by atoms with Crippen molar-refractivity contribution in [3.8, 4) is 0 Å². The molecule has 4 aliphatic carbocycles. The minimum atomic E-state index is 1.04. The molecule has 6 atom stereocenters. The molecule has 0 aromatic rings.